The summed E-state index contributed by atoms with van der Waals surface area (Å²) in [7, 11) is 0. The van der Waals surface area contributed by atoms with E-state index in [1.807, 2.05) is 11.8 Å². The number of thioether (sulfide) groups is 1. The van der Waals surface area contributed by atoms with Gasteiger partial charge in [-0.2, -0.15) is 11.8 Å². The van der Waals surface area contributed by atoms with Crippen molar-refractivity contribution >= 4 is 17.7 Å². The highest BCUT2D eigenvalue weighted by Gasteiger charge is 2.19. The van der Waals surface area contributed by atoms with Crippen molar-refractivity contribution < 1.29 is 5.11 Å². The number of aliphatic hydroxyl groups is 1. The third kappa shape index (κ3) is 5.98. The molecule has 7 nitrogen and oxygen atoms in total. The second-order valence-corrected chi connectivity index (χ2v) is 6.98. The molecule has 0 atom stereocenters. The average Bonchev–Trinajstić information content (AvgIpc) is 3.05. The molecule has 1 aromatic rings. The smallest absolute Gasteiger partial charge is 0.193 e. The highest BCUT2D eigenvalue weighted by molar-refractivity contribution is 7.98. The summed E-state index contributed by atoms with van der Waals surface area (Å²) in [6, 6.07) is 0. The molecule has 0 spiro atoms. The first-order valence-corrected chi connectivity index (χ1v) is 10.2. The van der Waals surface area contributed by atoms with E-state index in [1.165, 1.54) is 0 Å². The van der Waals surface area contributed by atoms with Crippen LogP contribution in [0.3, 0.4) is 0 Å². The minimum atomic E-state index is -0.164. The number of piperidine rings is 1. The Morgan fingerprint density at radius 1 is 1.46 bits per heavy atom. The largest absolute Gasteiger partial charge is 0.393 e. The van der Waals surface area contributed by atoms with Gasteiger partial charge in [-0.1, -0.05) is 6.92 Å². The number of nitrogens with zero attached hydrogens (tertiary/aromatic N) is 5. The van der Waals surface area contributed by atoms with Crippen LogP contribution in [0, 0.1) is 0 Å². The number of guanidine groups is 1. The molecule has 136 valence electrons. The molecule has 0 aromatic carbocycles. The Morgan fingerprint density at radius 3 is 2.96 bits per heavy atom. The van der Waals surface area contributed by atoms with Gasteiger partial charge in [-0.3, -0.25) is 4.99 Å². The second-order valence-electron chi connectivity index (χ2n) is 5.99. The SMILES string of the molecule is CCc1nncn1CCNC(=NCCCSC)N1CCC(O)CC1. The Balaban J connectivity index is 1.87. The zero-order valence-electron chi connectivity index (χ0n) is 14.8. The maximum absolute atomic E-state index is 9.71. The topological polar surface area (TPSA) is 78.6 Å². The third-order valence-corrected chi connectivity index (χ3v) is 4.88. The molecule has 0 radical (unpaired) electrons. The molecule has 2 N–H and O–H groups in total. The van der Waals surface area contributed by atoms with E-state index in [-0.39, 0.29) is 6.10 Å². The van der Waals surface area contributed by atoms with Crippen LogP contribution in [0.2, 0.25) is 0 Å². The quantitative estimate of drug-likeness (QED) is 0.412. The Labute approximate surface area is 148 Å². The van der Waals surface area contributed by atoms with Crippen LogP contribution in [0.25, 0.3) is 0 Å². The number of nitrogens with one attached hydrogen (secondary N) is 1. The fourth-order valence-corrected chi connectivity index (χ4v) is 3.18. The van der Waals surface area contributed by atoms with E-state index in [4.69, 9.17) is 4.99 Å². The molecule has 2 heterocycles. The summed E-state index contributed by atoms with van der Waals surface area (Å²) < 4.78 is 2.08. The van der Waals surface area contributed by atoms with Gasteiger partial charge in [0.05, 0.1) is 6.10 Å². The molecule has 24 heavy (non-hydrogen) atoms. The van der Waals surface area contributed by atoms with Crippen molar-refractivity contribution in [2.75, 3.05) is 38.2 Å². The molecule has 1 aromatic heterocycles. The number of aryl methyl sites for hydroxylation is 1. The molecular weight excluding hydrogens is 324 g/mol. The van der Waals surface area contributed by atoms with Gasteiger partial charge in [0, 0.05) is 39.1 Å². The van der Waals surface area contributed by atoms with Crippen LogP contribution in [0.1, 0.15) is 32.0 Å². The summed E-state index contributed by atoms with van der Waals surface area (Å²) in [5.74, 6) is 3.11. The summed E-state index contributed by atoms with van der Waals surface area (Å²) in [6.45, 7) is 6.29. The van der Waals surface area contributed by atoms with Crippen LogP contribution in [-0.2, 0) is 13.0 Å². The summed E-state index contributed by atoms with van der Waals surface area (Å²) in [5, 5.41) is 21.3. The van der Waals surface area contributed by atoms with E-state index < -0.39 is 0 Å². The summed E-state index contributed by atoms with van der Waals surface area (Å²) >= 11 is 1.86. The summed E-state index contributed by atoms with van der Waals surface area (Å²) in [4.78, 5) is 7.03. The van der Waals surface area contributed by atoms with Crippen LogP contribution < -0.4 is 5.32 Å². The van der Waals surface area contributed by atoms with Gasteiger partial charge >= 0.3 is 0 Å². The van der Waals surface area contributed by atoms with Crippen molar-refractivity contribution in [1.82, 2.24) is 25.0 Å². The molecule has 1 aliphatic heterocycles. The summed E-state index contributed by atoms with van der Waals surface area (Å²) in [6.07, 6.45) is 7.36. The number of hydrogen-bond donors (Lipinski definition) is 2. The Morgan fingerprint density at radius 2 is 2.25 bits per heavy atom. The van der Waals surface area contributed by atoms with Gasteiger partial charge in [-0.15, -0.1) is 10.2 Å². The van der Waals surface area contributed by atoms with E-state index in [9.17, 15) is 5.11 Å². The molecular formula is C16H30N6OS. The van der Waals surface area contributed by atoms with Crippen LogP contribution in [-0.4, -0.2) is 75.0 Å². The number of likely N-dealkylation sites (tertiary alicyclic amines) is 1. The van der Waals surface area contributed by atoms with Crippen LogP contribution in [0.15, 0.2) is 11.3 Å². The van der Waals surface area contributed by atoms with E-state index in [2.05, 4.69) is 38.2 Å². The lowest BCUT2D eigenvalue weighted by Crippen LogP contribution is -2.47. The van der Waals surface area contributed by atoms with Crippen molar-refractivity contribution in [3.8, 4) is 0 Å². The number of aliphatic hydroxyl groups excluding tert-OH is 1. The number of hydrogen-bond acceptors (Lipinski definition) is 5. The zero-order chi connectivity index (χ0) is 17.2. The van der Waals surface area contributed by atoms with Crippen LogP contribution in [0.5, 0.6) is 0 Å². The first-order chi connectivity index (χ1) is 11.7. The third-order valence-electron chi connectivity index (χ3n) is 4.18. The van der Waals surface area contributed by atoms with Gasteiger partial charge in [0.25, 0.3) is 0 Å². The van der Waals surface area contributed by atoms with E-state index in [0.717, 1.165) is 75.9 Å². The maximum atomic E-state index is 9.71. The molecule has 0 saturated carbocycles. The zero-order valence-corrected chi connectivity index (χ0v) is 15.6. The monoisotopic (exact) mass is 354 g/mol. The van der Waals surface area contributed by atoms with Gasteiger partial charge in [0.2, 0.25) is 0 Å². The van der Waals surface area contributed by atoms with Gasteiger partial charge in [-0.05, 0) is 31.3 Å². The van der Waals surface area contributed by atoms with Crippen molar-refractivity contribution in [3.05, 3.63) is 12.2 Å². The Kier molecular flexibility index (Phi) is 8.38. The van der Waals surface area contributed by atoms with Gasteiger partial charge in [-0.25, -0.2) is 0 Å². The average molecular weight is 355 g/mol. The molecule has 8 heteroatoms. The number of aromatic nitrogens is 3. The van der Waals surface area contributed by atoms with Gasteiger partial charge < -0.3 is 19.9 Å². The van der Waals surface area contributed by atoms with Crippen molar-refractivity contribution in [2.24, 2.45) is 4.99 Å². The predicted molar refractivity (Wildman–Crippen MR) is 99.5 cm³/mol. The van der Waals surface area contributed by atoms with Gasteiger partial charge in [0.15, 0.2) is 5.96 Å². The molecule has 2 rings (SSSR count). The highest BCUT2D eigenvalue weighted by Crippen LogP contribution is 2.10. The Hall–Kier alpha value is -1.28. The minimum absolute atomic E-state index is 0.164. The molecule has 1 saturated heterocycles. The molecule has 0 bridgehead atoms. The molecule has 0 unspecified atom stereocenters. The first-order valence-electron chi connectivity index (χ1n) is 8.81. The lowest BCUT2D eigenvalue weighted by molar-refractivity contribution is 0.108. The van der Waals surface area contributed by atoms with Crippen molar-refractivity contribution in [1.29, 1.82) is 0 Å². The second kappa shape index (κ2) is 10.6. The maximum Gasteiger partial charge on any atom is 0.193 e. The molecule has 0 aliphatic carbocycles. The van der Waals surface area contributed by atoms with Crippen molar-refractivity contribution in [2.45, 2.75) is 45.3 Å². The first kappa shape index (κ1) is 19.1. The molecule has 0 amide bonds. The van der Waals surface area contributed by atoms with Crippen LogP contribution in [0.4, 0.5) is 0 Å². The summed E-state index contributed by atoms with van der Waals surface area (Å²) in [5.41, 5.74) is 0. The number of rotatable bonds is 8. The molecule has 1 aliphatic rings. The standard InChI is InChI=1S/C16H30N6OS/c1-3-15-20-19-13-22(15)11-8-18-16(17-7-4-12-24-2)21-9-5-14(23)6-10-21/h13-14,23H,3-12H2,1-2H3,(H,17,18). The number of aliphatic imine (C=N–C) groups is 1. The van der Waals surface area contributed by atoms with Crippen molar-refractivity contribution in [3.63, 3.8) is 0 Å². The van der Waals surface area contributed by atoms with E-state index in [1.54, 1.807) is 6.33 Å². The fraction of sp³-hybridized carbons (Fsp3) is 0.812. The van der Waals surface area contributed by atoms with Gasteiger partial charge in [0.1, 0.15) is 12.2 Å². The van der Waals surface area contributed by atoms with E-state index in [0.29, 0.717) is 0 Å². The predicted octanol–water partition coefficient (Wildman–Crippen LogP) is 0.996. The normalized spacial score (nSPS) is 16.6. The fourth-order valence-electron chi connectivity index (χ4n) is 2.77. The minimum Gasteiger partial charge on any atom is -0.393 e. The lowest BCUT2D eigenvalue weighted by atomic mass is 10.1. The van der Waals surface area contributed by atoms with E-state index >= 15 is 0 Å². The lowest BCUT2D eigenvalue weighted by Gasteiger charge is -2.32. The molecule has 1 fully saturated rings. The van der Waals surface area contributed by atoms with Crippen LogP contribution >= 0.6 is 11.8 Å². The highest BCUT2D eigenvalue weighted by atomic mass is 32.2. The Bertz CT molecular complexity index is 499.